The number of benzene rings is 1. The fourth-order valence-corrected chi connectivity index (χ4v) is 2.90. The van der Waals surface area contributed by atoms with Gasteiger partial charge in [-0.2, -0.15) is 0 Å². The van der Waals surface area contributed by atoms with Gasteiger partial charge in [-0.1, -0.05) is 30.3 Å². The minimum atomic E-state index is -0.548. The SMILES string of the molecule is O=C(c1ccncc1F)N1CCCC1Cc1ccccc1. The molecular weight excluding hydrogens is 267 g/mol. The Balaban J connectivity index is 1.78. The van der Waals surface area contributed by atoms with Crippen molar-refractivity contribution in [2.24, 2.45) is 0 Å². The Labute approximate surface area is 123 Å². The molecular formula is C17H17FN2O. The van der Waals surface area contributed by atoms with Gasteiger partial charge in [0.25, 0.3) is 5.91 Å². The number of carbonyl (C=O) groups is 1. The normalized spacial score (nSPS) is 18.0. The summed E-state index contributed by atoms with van der Waals surface area (Å²) in [6, 6.07) is 11.7. The molecule has 3 nitrogen and oxygen atoms in total. The fourth-order valence-electron chi connectivity index (χ4n) is 2.90. The van der Waals surface area contributed by atoms with E-state index in [1.807, 2.05) is 18.2 Å². The van der Waals surface area contributed by atoms with Gasteiger partial charge in [-0.05, 0) is 30.9 Å². The number of amides is 1. The van der Waals surface area contributed by atoms with Crippen LogP contribution in [0.4, 0.5) is 4.39 Å². The van der Waals surface area contributed by atoms with E-state index < -0.39 is 5.82 Å². The van der Waals surface area contributed by atoms with Crippen molar-refractivity contribution < 1.29 is 9.18 Å². The highest BCUT2D eigenvalue weighted by Crippen LogP contribution is 2.24. The van der Waals surface area contributed by atoms with E-state index in [2.05, 4.69) is 17.1 Å². The summed E-state index contributed by atoms with van der Waals surface area (Å²) in [7, 11) is 0. The Kier molecular flexibility index (Phi) is 3.95. The second-order valence-corrected chi connectivity index (χ2v) is 5.34. The monoisotopic (exact) mass is 284 g/mol. The molecule has 2 aromatic rings. The third-order valence-corrected chi connectivity index (χ3v) is 3.96. The highest BCUT2D eigenvalue weighted by atomic mass is 19.1. The first-order valence-corrected chi connectivity index (χ1v) is 7.20. The van der Waals surface area contributed by atoms with Crippen LogP contribution < -0.4 is 0 Å². The average molecular weight is 284 g/mol. The van der Waals surface area contributed by atoms with E-state index in [-0.39, 0.29) is 17.5 Å². The van der Waals surface area contributed by atoms with Gasteiger partial charge in [-0.3, -0.25) is 9.78 Å². The predicted octanol–water partition coefficient (Wildman–Crippen LogP) is 3.07. The highest BCUT2D eigenvalue weighted by Gasteiger charge is 2.30. The molecule has 1 aliphatic heterocycles. The summed E-state index contributed by atoms with van der Waals surface area (Å²) in [6.07, 6.45) is 5.30. The van der Waals surface area contributed by atoms with Crippen LogP contribution in [0.5, 0.6) is 0 Å². The molecule has 1 aromatic carbocycles. The van der Waals surface area contributed by atoms with Crippen molar-refractivity contribution in [3.63, 3.8) is 0 Å². The number of carbonyl (C=O) groups excluding carboxylic acids is 1. The molecule has 0 aliphatic carbocycles. The summed E-state index contributed by atoms with van der Waals surface area (Å²) in [5, 5.41) is 0. The van der Waals surface area contributed by atoms with Crippen molar-refractivity contribution in [2.75, 3.05) is 6.54 Å². The Morgan fingerprint density at radius 3 is 2.86 bits per heavy atom. The van der Waals surface area contributed by atoms with Crippen LogP contribution in [0, 0.1) is 5.82 Å². The molecule has 2 heterocycles. The lowest BCUT2D eigenvalue weighted by molar-refractivity contribution is 0.0731. The molecule has 0 radical (unpaired) electrons. The minimum Gasteiger partial charge on any atom is -0.335 e. The highest BCUT2D eigenvalue weighted by molar-refractivity contribution is 5.94. The molecule has 108 valence electrons. The molecule has 0 saturated carbocycles. The number of aromatic nitrogens is 1. The molecule has 1 atom stereocenters. The summed E-state index contributed by atoms with van der Waals surface area (Å²) in [6.45, 7) is 0.693. The number of nitrogens with zero attached hydrogens (tertiary/aromatic N) is 2. The van der Waals surface area contributed by atoms with Crippen molar-refractivity contribution in [2.45, 2.75) is 25.3 Å². The van der Waals surface area contributed by atoms with Crippen LogP contribution in [0.3, 0.4) is 0 Å². The van der Waals surface area contributed by atoms with E-state index in [0.29, 0.717) is 6.54 Å². The Morgan fingerprint density at radius 1 is 1.29 bits per heavy atom. The minimum absolute atomic E-state index is 0.116. The lowest BCUT2D eigenvalue weighted by atomic mass is 10.0. The Bertz CT molecular complexity index is 630. The van der Waals surface area contributed by atoms with Crippen LogP contribution in [-0.2, 0) is 6.42 Å². The number of halogens is 1. The third kappa shape index (κ3) is 2.94. The molecule has 0 spiro atoms. The second kappa shape index (κ2) is 6.04. The molecule has 0 N–H and O–H groups in total. The van der Waals surface area contributed by atoms with Crippen LogP contribution in [-0.4, -0.2) is 28.4 Å². The van der Waals surface area contributed by atoms with Crippen molar-refractivity contribution in [3.8, 4) is 0 Å². The average Bonchev–Trinajstić information content (AvgIpc) is 2.96. The van der Waals surface area contributed by atoms with Crippen LogP contribution in [0.2, 0.25) is 0 Å². The van der Waals surface area contributed by atoms with Crippen molar-refractivity contribution in [3.05, 3.63) is 65.7 Å². The predicted molar refractivity (Wildman–Crippen MR) is 78.4 cm³/mol. The number of hydrogen-bond acceptors (Lipinski definition) is 2. The third-order valence-electron chi connectivity index (χ3n) is 3.96. The zero-order valence-electron chi connectivity index (χ0n) is 11.7. The zero-order chi connectivity index (χ0) is 14.7. The first-order chi connectivity index (χ1) is 10.3. The van der Waals surface area contributed by atoms with E-state index in [1.54, 1.807) is 4.90 Å². The van der Waals surface area contributed by atoms with Gasteiger partial charge in [-0.15, -0.1) is 0 Å². The summed E-state index contributed by atoms with van der Waals surface area (Å²) >= 11 is 0. The number of hydrogen-bond donors (Lipinski definition) is 0. The first-order valence-electron chi connectivity index (χ1n) is 7.20. The molecule has 1 saturated heterocycles. The Morgan fingerprint density at radius 2 is 2.10 bits per heavy atom. The topological polar surface area (TPSA) is 33.2 Å². The molecule has 1 aromatic heterocycles. The quantitative estimate of drug-likeness (QED) is 0.868. The number of pyridine rings is 1. The van der Waals surface area contributed by atoms with E-state index in [1.165, 1.54) is 17.8 Å². The lowest BCUT2D eigenvalue weighted by Crippen LogP contribution is -2.37. The smallest absolute Gasteiger partial charge is 0.257 e. The van der Waals surface area contributed by atoms with Crippen molar-refractivity contribution in [1.29, 1.82) is 0 Å². The van der Waals surface area contributed by atoms with Crippen molar-refractivity contribution >= 4 is 5.91 Å². The first kappa shape index (κ1) is 13.7. The van der Waals surface area contributed by atoms with Crippen molar-refractivity contribution in [1.82, 2.24) is 9.88 Å². The lowest BCUT2D eigenvalue weighted by Gasteiger charge is -2.25. The van der Waals surface area contributed by atoms with E-state index in [0.717, 1.165) is 25.5 Å². The van der Waals surface area contributed by atoms with Gasteiger partial charge in [0.2, 0.25) is 0 Å². The van der Waals surface area contributed by atoms with Gasteiger partial charge in [-0.25, -0.2) is 4.39 Å². The molecule has 3 rings (SSSR count). The molecule has 21 heavy (non-hydrogen) atoms. The second-order valence-electron chi connectivity index (χ2n) is 5.34. The fraction of sp³-hybridized carbons (Fsp3) is 0.294. The maximum atomic E-state index is 13.7. The van der Waals surface area contributed by atoms with E-state index >= 15 is 0 Å². The Hall–Kier alpha value is -2.23. The molecule has 1 fully saturated rings. The van der Waals surface area contributed by atoms with Gasteiger partial charge in [0, 0.05) is 18.8 Å². The molecule has 1 amide bonds. The van der Waals surface area contributed by atoms with Crippen LogP contribution >= 0.6 is 0 Å². The summed E-state index contributed by atoms with van der Waals surface area (Å²) < 4.78 is 13.7. The van der Waals surface area contributed by atoms with Crippen LogP contribution in [0.15, 0.2) is 48.8 Å². The van der Waals surface area contributed by atoms with E-state index in [4.69, 9.17) is 0 Å². The van der Waals surface area contributed by atoms with Gasteiger partial charge >= 0.3 is 0 Å². The number of rotatable bonds is 3. The molecule has 0 bridgehead atoms. The van der Waals surface area contributed by atoms with Gasteiger partial charge in [0.15, 0.2) is 5.82 Å². The molecule has 4 heteroatoms. The summed E-state index contributed by atoms with van der Waals surface area (Å²) in [5.41, 5.74) is 1.32. The van der Waals surface area contributed by atoms with Crippen LogP contribution in [0.25, 0.3) is 0 Å². The standard InChI is InChI=1S/C17H17FN2O/c18-16-12-19-9-8-15(16)17(21)20-10-4-7-14(20)11-13-5-2-1-3-6-13/h1-3,5-6,8-9,12,14H,4,7,10-11H2. The molecule has 1 unspecified atom stereocenters. The van der Waals surface area contributed by atoms with Gasteiger partial charge in [0.05, 0.1) is 11.8 Å². The van der Waals surface area contributed by atoms with Gasteiger partial charge < -0.3 is 4.90 Å². The zero-order valence-corrected chi connectivity index (χ0v) is 11.7. The maximum absolute atomic E-state index is 13.7. The van der Waals surface area contributed by atoms with Gasteiger partial charge in [0.1, 0.15) is 0 Å². The molecule has 1 aliphatic rings. The van der Waals surface area contributed by atoms with Crippen LogP contribution in [0.1, 0.15) is 28.8 Å². The largest absolute Gasteiger partial charge is 0.335 e. The number of likely N-dealkylation sites (tertiary alicyclic amines) is 1. The van der Waals surface area contributed by atoms with E-state index in [9.17, 15) is 9.18 Å². The maximum Gasteiger partial charge on any atom is 0.257 e. The summed E-state index contributed by atoms with van der Waals surface area (Å²) in [5.74, 6) is -0.777. The summed E-state index contributed by atoms with van der Waals surface area (Å²) in [4.78, 5) is 18.0.